The number of hydrogen-bond acceptors (Lipinski definition) is 3. The minimum atomic E-state index is -0.946. The summed E-state index contributed by atoms with van der Waals surface area (Å²) in [7, 11) is 0. The molecular weight excluding hydrogens is 244 g/mol. The fraction of sp³-hybridized carbons (Fsp3) is 0.133. The van der Waals surface area contributed by atoms with Crippen molar-refractivity contribution in [3.8, 4) is 11.5 Å². The van der Waals surface area contributed by atoms with E-state index in [1.807, 2.05) is 0 Å². The zero-order chi connectivity index (χ0) is 14.0. The highest BCUT2D eigenvalue weighted by Gasteiger charge is 2.13. The fourth-order valence-electron chi connectivity index (χ4n) is 2.03. The Hall–Kier alpha value is -2.49. The Morgan fingerprint density at radius 1 is 1.16 bits per heavy atom. The van der Waals surface area contributed by atoms with Crippen molar-refractivity contribution in [1.29, 1.82) is 0 Å². The average molecular weight is 258 g/mol. The van der Waals surface area contributed by atoms with Crippen LogP contribution >= 0.6 is 0 Å². The summed E-state index contributed by atoms with van der Waals surface area (Å²) in [5.41, 5.74) is 0.968. The van der Waals surface area contributed by atoms with Gasteiger partial charge in [0.05, 0.1) is 6.42 Å². The van der Waals surface area contributed by atoms with Crippen LogP contribution in [0.25, 0.3) is 16.8 Å². The molecule has 19 heavy (non-hydrogen) atoms. The van der Waals surface area contributed by atoms with Gasteiger partial charge in [0, 0.05) is 21.9 Å². The summed E-state index contributed by atoms with van der Waals surface area (Å²) >= 11 is 0. The predicted octanol–water partition coefficient (Wildman–Crippen LogP) is 3.05. The van der Waals surface area contributed by atoms with E-state index in [2.05, 4.69) is 0 Å². The van der Waals surface area contributed by atoms with Gasteiger partial charge in [0.15, 0.2) is 0 Å². The van der Waals surface area contributed by atoms with E-state index in [-0.39, 0.29) is 17.9 Å². The second kappa shape index (κ2) is 5.02. The molecule has 0 aliphatic heterocycles. The third-order valence-corrected chi connectivity index (χ3v) is 3.03. The molecule has 0 aliphatic rings. The summed E-state index contributed by atoms with van der Waals surface area (Å²) < 4.78 is 0. The Balaban J connectivity index is 2.61. The number of carboxylic acids is 1. The van der Waals surface area contributed by atoms with Gasteiger partial charge in [-0.15, -0.1) is 0 Å². The van der Waals surface area contributed by atoms with E-state index in [4.69, 9.17) is 5.11 Å². The van der Waals surface area contributed by atoms with Crippen molar-refractivity contribution in [1.82, 2.24) is 0 Å². The Kier molecular flexibility index (Phi) is 3.42. The first-order chi connectivity index (χ1) is 9.02. The molecule has 0 aromatic heterocycles. The highest BCUT2D eigenvalue weighted by atomic mass is 16.4. The van der Waals surface area contributed by atoms with Crippen LogP contribution in [-0.4, -0.2) is 21.3 Å². The first kappa shape index (κ1) is 13.0. The van der Waals surface area contributed by atoms with Gasteiger partial charge in [-0.2, -0.15) is 0 Å². The summed E-state index contributed by atoms with van der Waals surface area (Å²) in [6, 6.07) is 6.98. The molecule has 2 aromatic rings. The first-order valence-electron chi connectivity index (χ1n) is 5.84. The normalized spacial score (nSPS) is 11.2. The zero-order valence-corrected chi connectivity index (χ0v) is 10.4. The van der Waals surface area contributed by atoms with Crippen LogP contribution in [0.15, 0.2) is 30.3 Å². The molecule has 3 N–H and O–H groups in total. The maximum Gasteiger partial charge on any atom is 0.307 e. The van der Waals surface area contributed by atoms with Crippen molar-refractivity contribution in [2.45, 2.75) is 13.3 Å². The smallest absolute Gasteiger partial charge is 0.307 e. The number of carboxylic acid groups (broad SMARTS) is 1. The van der Waals surface area contributed by atoms with Gasteiger partial charge >= 0.3 is 5.97 Å². The molecule has 0 aliphatic carbocycles. The third kappa shape index (κ3) is 2.38. The lowest BCUT2D eigenvalue weighted by molar-refractivity contribution is -0.135. The molecule has 0 fully saturated rings. The van der Waals surface area contributed by atoms with Gasteiger partial charge in [0.25, 0.3) is 0 Å². The number of phenolic OH excluding ortho intramolecular Hbond substituents is 2. The summed E-state index contributed by atoms with van der Waals surface area (Å²) in [6.45, 7) is 1.68. The molecule has 2 aromatic carbocycles. The Morgan fingerprint density at radius 2 is 1.74 bits per heavy atom. The molecule has 4 nitrogen and oxygen atoms in total. The molecule has 0 spiro atoms. The van der Waals surface area contributed by atoms with Gasteiger partial charge in [-0.1, -0.05) is 36.4 Å². The molecule has 0 heterocycles. The van der Waals surface area contributed by atoms with Crippen molar-refractivity contribution < 1.29 is 20.1 Å². The molecule has 0 radical (unpaired) electrons. The van der Waals surface area contributed by atoms with E-state index < -0.39 is 5.97 Å². The van der Waals surface area contributed by atoms with Crippen LogP contribution < -0.4 is 0 Å². The van der Waals surface area contributed by atoms with Gasteiger partial charge in [0.2, 0.25) is 0 Å². The van der Waals surface area contributed by atoms with Crippen LogP contribution in [0.4, 0.5) is 0 Å². The SMILES string of the molecule is Cc1c(/C=C/CC(=O)O)c(O)c2ccccc2c1O. The van der Waals surface area contributed by atoms with E-state index in [1.54, 1.807) is 31.2 Å². The Bertz CT molecular complexity index is 671. The number of benzene rings is 2. The minimum Gasteiger partial charge on any atom is -0.507 e. The molecule has 0 bridgehead atoms. The van der Waals surface area contributed by atoms with E-state index in [0.717, 1.165) is 0 Å². The number of aliphatic carboxylic acids is 1. The van der Waals surface area contributed by atoms with E-state index in [9.17, 15) is 15.0 Å². The van der Waals surface area contributed by atoms with Crippen LogP contribution in [0.2, 0.25) is 0 Å². The number of hydrogen-bond donors (Lipinski definition) is 3. The monoisotopic (exact) mass is 258 g/mol. The van der Waals surface area contributed by atoms with Crippen LogP contribution in [0.1, 0.15) is 17.5 Å². The minimum absolute atomic E-state index is 0.0486. The average Bonchev–Trinajstić information content (AvgIpc) is 2.40. The molecule has 0 saturated carbocycles. The Morgan fingerprint density at radius 3 is 2.32 bits per heavy atom. The maximum atomic E-state index is 10.5. The lowest BCUT2D eigenvalue weighted by Crippen LogP contribution is -1.91. The topological polar surface area (TPSA) is 77.8 Å². The van der Waals surface area contributed by atoms with E-state index in [1.165, 1.54) is 12.2 Å². The molecule has 0 atom stereocenters. The molecule has 98 valence electrons. The summed E-state index contributed by atoms with van der Waals surface area (Å²) in [5, 5.41) is 30.0. The number of fused-ring (bicyclic) bond motifs is 1. The first-order valence-corrected chi connectivity index (χ1v) is 5.84. The van der Waals surface area contributed by atoms with Gasteiger partial charge in [-0.05, 0) is 6.92 Å². The number of phenols is 2. The molecular formula is C15H14O4. The molecule has 2 rings (SSSR count). The van der Waals surface area contributed by atoms with Crippen LogP contribution in [0, 0.1) is 6.92 Å². The highest BCUT2D eigenvalue weighted by molar-refractivity contribution is 5.97. The van der Waals surface area contributed by atoms with Crippen LogP contribution in [-0.2, 0) is 4.79 Å². The van der Waals surface area contributed by atoms with Crippen molar-refractivity contribution in [3.63, 3.8) is 0 Å². The lowest BCUT2D eigenvalue weighted by atomic mass is 9.98. The molecule has 4 heteroatoms. The highest BCUT2D eigenvalue weighted by Crippen LogP contribution is 2.39. The van der Waals surface area contributed by atoms with Gasteiger partial charge in [0.1, 0.15) is 11.5 Å². The molecule has 0 amide bonds. The fourth-order valence-corrected chi connectivity index (χ4v) is 2.03. The lowest BCUT2D eigenvalue weighted by Gasteiger charge is -2.11. The molecule has 0 unspecified atom stereocenters. The summed E-state index contributed by atoms with van der Waals surface area (Å²) in [6.07, 6.45) is 2.83. The summed E-state index contributed by atoms with van der Waals surface area (Å²) in [5.74, 6) is -0.797. The van der Waals surface area contributed by atoms with Gasteiger partial charge in [-0.25, -0.2) is 0 Å². The van der Waals surface area contributed by atoms with Gasteiger partial charge < -0.3 is 15.3 Å². The Labute approximate surface area is 110 Å². The zero-order valence-electron chi connectivity index (χ0n) is 10.4. The second-order valence-electron chi connectivity index (χ2n) is 4.28. The van der Waals surface area contributed by atoms with Crippen LogP contribution in [0.5, 0.6) is 11.5 Å². The molecule has 0 saturated heterocycles. The van der Waals surface area contributed by atoms with Crippen molar-refractivity contribution in [2.24, 2.45) is 0 Å². The van der Waals surface area contributed by atoms with Crippen molar-refractivity contribution in [2.75, 3.05) is 0 Å². The quantitative estimate of drug-likeness (QED) is 0.739. The number of aromatic hydroxyl groups is 2. The van der Waals surface area contributed by atoms with Crippen molar-refractivity contribution >= 4 is 22.8 Å². The summed E-state index contributed by atoms with van der Waals surface area (Å²) in [4.78, 5) is 10.5. The third-order valence-electron chi connectivity index (χ3n) is 3.03. The maximum absolute atomic E-state index is 10.5. The van der Waals surface area contributed by atoms with Gasteiger partial charge in [-0.3, -0.25) is 4.79 Å². The second-order valence-corrected chi connectivity index (χ2v) is 4.28. The largest absolute Gasteiger partial charge is 0.507 e. The predicted molar refractivity (Wildman–Crippen MR) is 73.3 cm³/mol. The van der Waals surface area contributed by atoms with Crippen molar-refractivity contribution in [3.05, 3.63) is 41.5 Å². The standard InChI is InChI=1S/C15H14O4/c1-9-10(7-4-8-13(16)17)15(19)12-6-3-2-5-11(12)14(9)18/h2-7,18-19H,8H2,1H3,(H,16,17)/b7-4+. The van der Waals surface area contributed by atoms with Crippen LogP contribution in [0.3, 0.4) is 0 Å². The number of rotatable bonds is 3. The number of carbonyl (C=O) groups is 1. The van der Waals surface area contributed by atoms with E-state index >= 15 is 0 Å². The van der Waals surface area contributed by atoms with E-state index in [0.29, 0.717) is 21.9 Å².